The van der Waals surface area contributed by atoms with Gasteiger partial charge in [-0.3, -0.25) is 0 Å². The molecule has 1 aliphatic heterocycles. The van der Waals surface area contributed by atoms with E-state index in [1.807, 2.05) is 6.92 Å². The van der Waals surface area contributed by atoms with E-state index in [2.05, 4.69) is 16.8 Å². The van der Waals surface area contributed by atoms with Crippen molar-refractivity contribution in [1.82, 2.24) is 9.80 Å². The van der Waals surface area contributed by atoms with Crippen molar-refractivity contribution in [2.75, 3.05) is 46.4 Å². The van der Waals surface area contributed by atoms with E-state index < -0.39 is 0 Å². The Balaban J connectivity index is 2.10. The molecule has 0 radical (unpaired) electrons. The van der Waals surface area contributed by atoms with Gasteiger partial charge in [0.25, 0.3) is 0 Å². The van der Waals surface area contributed by atoms with E-state index in [0.717, 1.165) is 12.8 Å². The van der Waals surface area contributed by atoms with E-state index in [-0.39, 0.29) is 12.1 Å². The van der Waals surface area contributed by atoms with Crippen molar-refractivity contribution in [2.24, 2.45) is 5.73 Å². The molecule has 4 nitrogen and oxygen atoms in total. The van der Waals surface area contributed by atoms with Crippen molar-refractivity contribution in [3.63, 3.8) is 0 Å². The number of aliphatic hydroxyl groups is 1. The maximum atomic E-state index is 9.07. The first-order chi connectivity index (χ1) is 8.03. The number of nitrogens with two attached hydrogens (primary N) is 1. The van der Waals surface area contributed by atoms with E-state index in [9.17, 15) is 0 Å². The molecule has 1 saturated heterocycles. The van der Waals surface area contributed by atoms with Crippen LogP contribution in [0.25, 0.3) is 0 Å². The van der Waals surface area contributed by atoms with Crippen molar-refractivity contribution >= 4 is 0 Å². The summed E-state index contributed by atoms with van der Waals surface area (Å²) in [5.41, 5.74) is 5.52. The number of aliphatic hydroxyl groups excluding tert-OH is 1. The molecule has 1 rings (SSSR count). The SMILES string of the molecule is CN1CCCN(CCCCC(C)(N)CO)CC1. The van der Waals surface area contributed by atoms with Gasteiger partial charge in [0.2, 0.25) is 0 Å². The fraction of sp³-hybridized carbons (Fsp3) is 1.00. The first kappa shape index (κ1) is 14.9. The van der Waals surface area contributed by atoms with Crippen molar-refractivity contribution in [3.05, 3.63) is 0 Å². The summed E-state index contributed by atoms with van der Waals surface area (Å²) in [6, 6.07) is 0. The van der Waals surface area contributed by atoms with Gasteiger partial charge in [0.1, 0.15) is 0 Å². The Labute approximate surface area is 106 Å². The third-order valence-electron chi connectivity index (χ3n) is 3.65. The normalized spacial score (nSPS) is 23.3. The standard InChI is InChI=1S/C13H29N3O/c1-13(14,12-17)6-3-4-8-16-9-5-7-15(2)10-11-16/h17H,3-12,14H2,1-2H3. The Kier molecular flexibility index (Phi) is 6.41. The van der Waals surface area contributed by atoms with Crippen LogP contribution in [0.15, 0.2) is 0 Å². The van der Waals surface area contributed by atoms with E-state index >= 15 is 0 Å². The number of hydrogen-bond donors (Lipinski definition) is 2. The first-order valence-corrected chi connectivity index (χ1v) is 6.84. The number of unbranched alkanes of at least 4 members (excludes halogenated alkanes) is 1. The molecule has 0 aromatic carbocycles. The van der Waals surface area contributed by atoms with Gasteiger partial charge in [0.15, 0.2) is 0 Å². The van der Waals surface area contributed by atoms with Gasteiger partial charge in [-0.05, 0) is 52.9 Å². The molecular formula is C13H29N3O. The summed E-state index contributed by atoms with van der Waals surface area (Å²) in [7, 11) is 2.20. The van der Waals surface area contributed by atoms with E-state index in [4.69, 9.17) is 10.8 Å². The predicted octanol–water partition coefficient (Wildman–Crippen LogP) is 0.504. The molecule has 1 fully saturated rings. The molecule has 1 atom stereocenters. The van der Waals surface area contributed by atoms with Crippen molar-refractivity contribution in [2.45, 2.75) is 38.1 Å². The summed E-state index contributed by atoms with van der Waals surface area (Å²) in [4.78, 5) is 4.96. The molecule has 1 aliphatic rings. The van der Waals surface area contributed by atoms with Crippen LogP contribution in [0.1, 0.15) is 32.6 Å². The highest BCUT2D eigenvalue weighted by molar-refractivity contribution is 4.77. The monoisotopic (exact) mass is 243 g/mol. The average Bonchev–Trinajstić information content (AvgIpc) is 2.50. The highest BCUT2D eigenvalue weighted by atomic mass is 16.3. The second-order valence-electron chi connectivity index (χ2n) is 5.77. The Morgan fingerprint density at radius 3 is 2.65 bits per heavy atom. The molecule has 102 valence electrons. The summed E-state index contributed by atoms with van der Waals surface area (Å²) in [6.45, 7) is 8.01. The molecule has 0 bridgehead atoms. The molecule has 0 amide bonds. The molecule has 4 heteroatoms. The molecule has 0 saturated carbocycles. The Morgan fingerprint density at radius 1 is 1.18 bits per heavy atom. The van der Waals surface area contributed by atoms with Gasteiger partial charge in [0.05, 0.1) is 6.61 Å². The molecule has 17 heavy (non-hydrogen) atoms. The third kappa shape index (κ3) is 6.36. The third-order valence-corrected chi connectivity index (χ3v) is 3.65. The van der Waals surface area contributed by atoms with E-state index in [0.29, 0.717) is 0 Å². The Bertz CT molecular complexity index is 209. The first-order valence-electron chi connectivity index (χ1n) is 6.84. The number of hydrogen-bond acceptors (Lipinski definition) is 4. The van der Waals surface area contributed by atoms with Gasteiger partial charge >= 0.3 is 0 Å². The zero-order chi connectivity index (χ0) is 12.7. The average molecular weight is 243 g/mol. The lowest BCUT2D eigenvalue weighted by molar-refractivity contribution is 0.194. The summed E-state index contributed by atoms with van der Waals surface area (Å²) < 4.78 is 0. The Morgan fingerprint density at radius 2 is 1.94 bits per heavy atom. The van der Waals surface area contributed by atoms with Crippen molar-refractivity contribution in [1.29, 1.82) is 0 Å². The fourth-order valence-corrected chi connectivity index (χ4v) is 2.27. The van der Waals surface area contributed by atoms with Gasteiger partial charge in [-0.1, -0.05) is 6.42 Å². The summed E-state index contributed by atoms with van der Waals surface area (Å²) in [5, 5.41) is 9.07. The highest BCUT2D eigenvalue weighted by Crippen LogP contribution is 2.11. The second kappa shape index (κ2) is 7.31. The van der Waals surface area contributed by atoms with Gasteiger partial charge in [-0.2, -0.15) is 0 Å². The summed E-state index contributed by atoms with van der Waals surface area (Å²) in [6.07, 6.45) is 4.50. The molecule has 3 N–H and O–H groups in total. The van der Waals surface area contributed by atoms with Crippen LogP contribution in [0.4, 0.5) is 0 Å². The molecule has 0 aromatic rings. The molecule has 0 aliphatic carbocycles. The van der Waals surface area contributed by atoms with E-state index in [1.54, 1.807) is 0 Å². The van der Waals surface area contributed by atoms with Gasteiger partial charge in [-0.15, -0.1) is 0 Å². The van der Waals surface area contributed by atoms with Crippen LogP contribution in [0.2, 0.25) is 0 Å². The maximum absolute atomic E-state index is 9.07. The minimum atomic E-state index is -0.390. The van der Waals surface area contributed by atoms with Crippen LogP contribution < -0.4 is 5.73 Å². The number of nitrogens with zero attached hydrogens (tertiary/aromatic N) is 2. The fourth-order valence-electron chi connectivity index (χ4n) is 2.27. The second-order valence-corrected chi connectivity index (χ2v) is 5.77. The molecular weight excluding hydrogens is 214 g/mol. The Hall–Kier alpha value is -0.160. The summed E-state index contributed by atoms with van der Waals surface area (Å²) >= 11 is 0. The van der Waals surface area contributed by atoms with Crippen LogP contribution in [-0.2, 0) is 0 Å². The van der Waals surface area contributed by atoms with Crippen LogP contribution in [0, 0.1) is 0 Å². The molecule has 1 unspecified atom stereocenters. The predicted molar refractivity (Wildman–Crippen MR) is 72.1 cm³/mol. The zero-order valence-electron chi connectivity index (χ0n) is 11.5. The molecule has 1 heterocycles. The molecule has 0 aromatic heterocycles. The zero-order valence-corrected chi connectivity index (χ0v) is 11.5. The van der Waals surface area contributed by atoms with Crippen molar-refractivity contribution in [3.8, 4) is 0 Å². The lowest BCUT2D eigenvalue weighted by Gasteiger charge is -2.23. The largest absolute Gasteiger partial charge is 0.394 e. The van der Waals surface area contributed by atoms with Crippen molar-refractivity contribution < 1.29 is 5.11 Å². The number of rotatable bonds is 6. The topological polar surface area (TPSA) is 52.7 Å². The maximum Gasteiger partial charge on any atom is 0.0608 e. The minimum Gasteiger partial charge on any atom is -0.394 e. The lowest BCUT2D eigenvalue weighted by Crippen LogP contribution is -2.40. The van der Waals surface area contributed by atoms with E-state index in [1.165, 1.54) is 45.6 Å². The van der Waals surface area contributed by atoms with Gasteiger partial charge in [0, 0.05) is 18.6 Å². The minimum absolute atomic E-state index is 0.0848. The van der Waals surface area contributed by atoms with Crippen LogP contribution >= 0.6 is 0 Å². The highest BCUT2D eigenvalue weighted by Gasteiger charge is 2.16. The van der Waals surface area contributed by atoms with Crippen LogP contribution in [-0.4, -0.2) is 66.8 Å². The van der Waals surface area contributed by atoms with Crippen LogP contribution in [0.5, 0.6) is 0 Å². The number of likely N-dealkylation sites (N-methyl/N-ethyl adjacent to an activating group) is 1. The van der Waals surface area contributed by atoms with Gasteiger partial charge in [-0.25, -0.2) is 0 Å². The van der Waals surface area contributed by atoms with Gasteiger partial charge < -0.3 is 20.6 Å². The van der Waals surface area contributed by atoms with Crippen LogP contribution in [0.3, 0.4) is 0 Å². The lowest BCUT2D eigenvalue weighted by atomic mass is 9.97. The molecule has 0 spiro atoms. The summed E-state index contributed by atoms with van der Waals surface area (Å²) in [5.74, 6) is 0. The smallest absolute Gasteiger partial charge is 0.0608 e. The quantitative estimate of drug-likeness (QED) is 0.667.